The van der Waals surface area contributed by atoms with Crippen molar-refractivity contribution in [2.45, 2.75) is 0 Å². The molecule has 1 amide bonds. The fourth-order valence-corrected chi connectivity index (χ4v) is 1.06. The molecule has 0 atom stereocenters. The quantitative estimate of drug-likeness (QED) is 0.478. The Hall–Kier alpha value is -2.77. The number of carbonyl (C=O) groups is 2. The van der Waals surface area contributed by atoms with Gasteiger partial charge in [-0.25, -0.2) is 4.79 Å². The minimum atomic E-state index is -1.31. The molecule has 0 unspecified atom stereocenters. The molecule has 0 radical (unpaired) electrons. The van der Waals surface area contributed by atoms with Crippen LogP contribution in [0, 0.1) is 15.9 Å². The van der Waals surface area contributed by atoms with Gasteiger partial charge in [-0.3, -0.25) is 14.9 Å². The van der Waals surface area contributed by atoms with Crippen LogP contribution < -0.4 is 5.32 Å². The average Bonchev–Trinajstić information content (AvgIpc) is 2.28. The molecule has 8 heteroatoms. The topological polar surface area (TPSA) is 110 Å². The fourth-order valence-electron chi connectivity index (χ4n) is 1.06. The van der Waals surface area contributed by atoms with Gasteiger partial charge < -0.3 is 10.4 Å². The van der Waals surface area contributed by atoms with Crippen LogP contribution in [0.5, 0.6) is 0 Å². The molecule has 94 valence electrons. The first-order chi connectivity index (χ1) is 8.40. The second-order valence-electron chi connectivity index (χ2n) is 3.08. The van der Waals surface area contributed by atoms with Crippen molar-refractivity contribution in [1.29, 1.82) is 0 Å². The van der Waals surface area contributed by atoms with Crippen LogP contribution in [0.15, 0.2) is 30.4 Å². The first kappa shape index (κ1) is 13.3. The summed E-state index contributed by atoms with van der Waals surface area (Å²) in [6.07, 6.45) is 1.34. The van der Waals surface area contributed by atoms with Gasteiger partial charge in [-0.15, -0.1) is 0 Å². The van der Waals surface area contributed by atoms with E-state index in [-0.39, 0.29) is 5.69 Å². The van der Waals surface area contributed by atoms with E-state index in [2.05, 4.69) is 5.32 Å². The summed E-state index contributed by atoms with van der Waals surface area (Å²) in [5.74, 6) is -3.13. The zero-order valence-electron chi connectivity index (χ0n) is 8.79. The van der Waals surface area contributed by atoms with Crippen molar-refractivity contribution in [1.82, 2.24) is 0 Å². The van der Waals surface area contributed by atoms with Crippen molar-refractivity contribution in [2.75, 3.05) is 5.32 Å². The van der Waals surface area contributed by atoms with E-state index < -0.39 is 28.3 Å². The van der Waals surface area contributed by atoms with E-state index >= 15 is 0 Å². The average molecular weight is 254 g/mol. The fraction of sp³-hybridized carbons (Fsp3) is 0. The normalized spacial score (nSPS) is 10.3. The highest BCUT2D eigenvalue weighted by Gasteiger charge is 2.14. The number of carboxylic acids is 1. The smallest absolute Gasteiger partial charge is 0.328 e. The third kappa shape index (κ3) is 3.67. The van der Waals surface area contributed by atoms with Crippen LogP contribution in [0.25, 0.3) is 0 Å². The van der Waals surface area contributed by atoms with Gasteiger partial charge in [0.2, 0.25) is 11.7 Å². The summed E-state index contributed by atoms with van der Waals surface area (Å²) in [5, 5.41) is 20.9. The van der Waals surface area contributed by atoms with Crippen LogP contribution in [-0.2, 0) is 9.59 Å². The minimum Gasteiger partial charge on any atom is -0.478 e. The molecule has 1 aromatic rings. The molecule has 0 fully saturated rings. The minimum absolute atomic E-state index is 0.0110. The number of hydrogen-bond donors (Lipinski definition) is 2. The third-order valence-corrected chi connectivity index (χ3v) is 1.79. The van der Waals surface area contributed by atoms with Crippen molar-refractivity contribution >= 4 is 23.3 Å². The molecule has 7 nitrogen and oxygen atoms in total. The summed E-state index contributed by atoms with van der Waals surface area (Å²) in [6.45, 7) is 0. The van der Waals surface area contributed by atoms with Crippen molar-refractivity contribution < 1.29 is 24.0 Å². The first-order valence-electron chi connectivity index (χ1n) is 4.56. The largest absolute Gasteiger partial charge is 0.478 e. The Morgan fingerprint density at radius 2 is 2.06 bits per heavy atom. The number of nitrogens with one attached hydrogen (secondary N) is 1. The Kier molecular flexibility index (Phi) is 4.08. The van der Waals surface area contributed by atoms with Crippen LogP contribution >= 0.6 is 0 Å². The van der Waals surface area contributed by atoms with Crippen molar-refractivity contribution in [3.05, 3.63) is 46.3 Å². The Labute approximate surface area is 99.7 Å². The number of nitrogens with zero attached hydrogens (tertiary/aromatic N) is 1. The van der Waals surface area contributed by atoms with Gasteiger partial charge >= 0.3 is 11.7 Å². The number of anilines is 1. The maximum atomic E-state index is 13.0. The Balaban J connectivity index is 2.86. The van der Waals surface area contributed by atoms with E-state index in [1.54, 1.807) is 0 Å². The molecule has 0 saturated carbocycles. The summed E-state index contributed by atoms with van der Waals surface area (Å²) in [6, 6.07) is 2.78. The van der Waals surface area contributed by atoms with Gasteiger partial charge in [-0.1, -0.05) is 0 Å². The van der Waals surface area contributed by atoms with Crippen LogP contribution in [0.3, 0.4) is 0 Å². The molecule has 0 bridgehead atoms. The highest BCUT2D eigenvalue weighted by atomic mass is 19.1. The summed E-state index contributed by atoms with van der Waals surface area (Å²) in [5.41, 5.74) is -0.793. The molecule has 0 aliphatic heterocycles. The molecule has 0 aliphatic rings. The second-order valence-corrected chi connectivity index (χ2v) is 3.08. The first-order valence-corrected chi connectivity index (χ1v) is 4.56. The predicted molar refractivity (Wildman–Crippen MR) is 58.5 cm³/mol. The lowest BCUT2D eigenvalue weighted by Crippen LogP contribution is -2.09. The van der Waals surface area contributed by atoms with E-state index in [1.807, 2.05) is 0 Å². The molecule has 2 N–H and O–H groups in total. The van der Waals surface area contributed by atoms with Crippen molar-refractivity contribution in [3.8, 4) is 0 Å². The van der Waals surface area contributed by atoms with Crippen LogP contribution in [-0.4, -0.2) is 21.9 Å². The number of carbonyl (C=O) groups excluding carboxylic acids is 1. The maximum absolute atomic E-state index is 13.0. The maximum Gasteiger partial charge on any atom is 0.328 e. The SMILES string of the molecule is O=C(O)/C=C\C(=O)Nc1ccc(F)c([N+](=O)[O-])c1. The zero-order valence-corrected chi connectivity index (χ0v) is 8.79. The molecular weight excluding hydrogens is 247 g/mol. The number of carboxylic acid groups (broad SMARTS) is 1. The van der Waals surface area contributed by atoms with Crippen LogP contribution in [0.4, 0.5) is 15.8 Å². The number of aliphatic carboxylic acids is 1. The van der Waals surface area contributed by atoms with E-state index in [0.717, 1.165) is 24.3 Å². The standard InChI is InChI=1S/C10H7FN2O5/c11-7-2-1-6(5-8(7)13(17)18)12-9(14)3-4-10(15)16/h1-5H,(H,12,14)(H,15,16)/b4-3-. The number of halogens is 1. The molecule has 0 saturated heterocycles. The second kappa shape index (κ2) is 5.53. The number of nitro benzene ring substituents is 1. The van der Waals surface area contributed by atoms with E-state index in [9.17, 15) is 24.1 Å². The lowest BCUT2D eigenvalue weighted by Gasteiger charge is -2.02. The number of amides is 1. The van der Waals surface area contributed by atoms with Gasteiger partial charge in [-0.2, -0.15) is 4.39 Å². The molecule has 18 heavy (non-hydrogen) atoms. The highest BCUT2D eigenvalue weighted by molar-refractivity contribution is 6.02. The van der Waals surface area contributed by atoms with Gasteiger partial charge in [0.05, 0.1) is 4.92 Å². The molecule has 0 spiro atoms. The summed E-state index contributed by atoms with van der Waals surface area (Å²) < 4.78 is 13.0. The predicted octanol–water partition coefficient (Wildman–Crippen LogP) is 1.31. The molecule has 1 rings (SSSR count). The van der Waals surface area contributed by atoms with E-state index in [1.165, 1.54) is 0 Å². The number of benzene rings is 1. The molecule has 0 aromatic heterocycles. The van der Waals surface area contributed by atoms with Gasteiger partial charge in [0.25, 0.3) is 0 Å². The van der Waals surface area contributed by atoms with Gasteiger partial charge in [0.15, 0.2) is 0 Å². The Morgan fingerprint density at radius 3 is 2.61 bits per heavy atom. The summed E-state index contributed by atoms with van der Waals surface area (Å²) in [7, 11) is 0. The van der Waals surface area contributed by atoms with Crippen molar-refractivity contribution in [3.63, 3.8) is 0 Å². The highest BCUT2D eigenvalue weighted by Crippen LogP contribution is 2.21. The van der Waals surface area contributed by atoms with Crippen LogP contribution in [0.2, 0.25) is 0 Å². The van der Waals surface area contributed by atoms with Gasteiger partial charge in [0, 0.05) is 23.9 Å². The Morgan fingerprint density at radius 1 is 1.39 bits per heavy atom. The molecule has 0 aliphatic carbocycles. The summed E-state index contributed by atoms with van der Waals surface area (Å²) >= 11 is 0. The third-order valence-electron chi connectivity index (χ3n) is 1.79. The lowest BCUT2D eigenvalue weighted by molar-refractivity contribution is -0.387. The van der Waals surface area contributed by atoms with E-state index in [4.69, 9.17) is 5.11 Å². The van der Waals surface area contributed by atoms with Crippen molar-refractivity contribution in [2.24, 2.45) is 0 Å². The lowest BCUT2D eigenvalue weighted by atomic mass is 10.2. The molecule has 1 aromatic carbocycles. The number of nitro groups is 1. The number of hydrogen-bond acceptors (Lipinski definition) is 4. The van der Waals surface area contributed by atoms with Gasteiger partial charge in [0.1, 0.15) is 0 Å². The monoisotopic (exact) mass is 254 g/mol. The molecule has 0 heterocycles. The molecular formula is C10H7FN2O5. The summed E-state index contributed by atoms with van der Waals surface area (Å²) in [4.78, 5) is 30.8. The van der Waals surface area contributed by atoms with Crippen LogP contribution in [0.1, 0.15) is 0 Å². The Bertz CT molecular complexity index is 541. The van der Waals surface area contributed by atoms with E-state index in [0.29, 0.717) is 6.08 Å². The zero-order chi connectivity index (χ0) is 13.7. The van der Waals surface area contributed by atoms with Gasteiger partial charge in [-0.05, 0) is 12.1 Å². The number of rotatable bonds is 4.